The lowest BCUT2D eigenvalue weighted by atomic mass is 10.3. The van der Waals surface area contributed by atoms with Gasteiger partial charge in [-0.25, -0.2) is 12.8 Å². The maximum absolute atomic E-state index is 13.1. The van der Waals surface area contributed by atoms with Gasteiger partial charge in [0, 0.05) is 22.4 Å². The molecular formula is C13H12BrClFNO2S2. The molecule has 21 heavy (non-hydrogen) atoms. The van der Waals surface area contributed by atoms with E-state index < -0.39 is 15.8 Å². The van der Waals surface area contributed by atoms with Crippen molar-refractivity contribution in [3.8, 4) is 0 Å². The Morgan fingerprint density at radius 1 is 1.33 bits per heavy atom. The van der Waals surface area contributed by atoms with Gasteiger partial charge in [-0.1, -0.05) is 18.5 Å². The fraction of sp³-hybridized carbons (Fsp3) is 0.231. The van der Waals surface area contributed by atoms with Crippen molar-refractivity contribution in [2.75, 3.05) is 6.54 Å². The molecule has 2 rings (SSSR count). The second-order valence-corrected chi connectivity index (χ2v) is 8.77. The van der Waals surface area contributed by atoms with Crippen molar-refractivity contribution in [3.05, 3.63) is 49.8 Å². The zero-order chi connectivity index (χ0) is 15.6. The molecule has 0 bridgehead atoms. The van der Waals surface area contributed by atoms with Gasteiger partial charge in [-0.15, -0.1) is 11.3 Å². The molecule has 2 aromatic rings. The van der Waals surface area contributed by atoms with Gasteiger partial charge >= 0.3 is 0 Å². The van der Waals surface area contributed by atoms with Crippen LogP contribution in [0.3, 0.4) is 0 Å². The third-order valence-electron chi connectivity index (χ3n) is 2.83. The minimum Gasteiger partial charge on any atom is -0.207 e. The monoisotopic (exact) mass is 411 g/mol. The third-order valence-corrected chi connectivity index (χ3v) is 6.94. The lowest BCUT2D eigenvalue weighted by Gasteiger charge is -2.20. The van der Waals surface area contributed by atoms with Crippen molar-refractivity contribution in [1.82, 2.24) is 4.31 Å². The molecule has 0 spiro atoms. The fourth-order valence-electron chi connectivity index (χ4n) is 1.80. The van der Waals surface area contributed by atoms with E-state index in [1.165, 1.54) is 21.7 Å². The Morgan fingerprint density at radius 3 is 2.57 bits per heavy atom. The predicted octanol–water partition coefficient (Wildman–Crippen LogP) is 4.51. The summed E-state index contributed by atoms with van der Waals surface area (Å²) >= 11 is 10.3. The second kappa shape index (κ2) is 6.75. The molecule has 1 aromatic carbocycles. The summed E-state index contributed by atoms with van der Waals surface area (Å²) in [6.45, 7) is 2.30. The van der Waals surface area contributed by atoms with Crippen LogP contribution < -0.4 is 0 Å². The standard InChI is InChI=1S/C13H12BrClFNO2S2/c1-2-17(8-10-4-6-13(15)20-10)21(18,19)12-5-3-9(16)7-11(12)14/h3-7H,2,8H2,1H3. The van der Waals surface area contributed by atoms with Gasteiger partial charge in [-0.2, -0.15) is 4.31 Å². The number of thiophene rings is 1. The molecule has 0 fully saturated rings. The summed E-state index contributed by atoms with van der Waals surface area (Å²) < 4.78 is 40.6. The summed E-state index contributed by atoms with van der Waals surface area (Å²) in [5, 5.41) is 0. The number of benzene rings is 1. The average molecular weight is 413 g/mol. The van der Waals surface area contributed by atoms with E-state index in [0.717, 1.165) is 17.0 Å². The van der Waals surface area contributed by atoms with Gasteiger partial charge in [0.15, 0.2) is 0 Å². The van der Waals surface area contributed by atoms with Gasteiger partial charge in [-0.3, -0.25) is 0 Å². The first kappa shape index (κ1) is 16.9. The normalized spacial score (nSPS) is 12.0. The Kier molecular flexibility index (Phi) is 5.43. The van der Waals surface area contributed by atoms with E-state index in [1.54, 1.807) is 19.1 Å². The molecule has 0 amide bonds. The van der Waals surface area contributed by atoms with Crippen LogP contribution in [-0.2, 0) is 16.6 Å². The minimum absolute atomic E-state index is 0.0494. The lowest BCUT2D eigenvalue weighted by molar-refractivity contribution is 0.426. The van der Waals surface area contributed by atoms with E-state index in [4.69, 9.17) is 11.6 Å². The summed E-state index contributed by atoms with van der Waals surface area (Å²) in [5.74, 6) is -0.492. The molecule has 0 saturated carbocycles. The number of halogens is 3. The van der Waals surface area contributed by atoms with E-state index in [0.29, 0.717) is 10.9 Å². The molecule has 8 heteroatoms. The first-order valence-corrected chi connectivity index (χ1v) is 9.46. The largest absolute Gasteiger partial charge is 0.244 e. The molecular weight excluding hydrogens is 401 g/mol. The van der Waals surface area contributed by atoms with Gasteiger partial charge in [0.25, 0.3) is 0 Å². The third kappa shape index (κ3) is 3.84. The second-order valence-electron chi connectivity index (χ2n) is 4.21. The fourth-order valence-corrected chi connectivity index (χ4v) is 5.42. The zero-order valence-electron chi connectivity index (χ0n) is 11.0. The van der Waals surface area contributed by atoms with Crippen LogP contribution in [0.4, 0.5) is 4.39 Å². The molecule has 0 atom stereocenters. The van der Waals surface area contributed by atoms with Gasteiger partial charge in [0.1, 0.15) is 5.82 Å². The molecule has 0 radical (unpaired) electrons. The van der Waals surface area contributed by atoms with Crippen LogP contribution in [0.1, 0.15) is 11.8 Å². The number of nitrogens with zero attached hydrogens (tertiary/aromatic N) is 1. The minimum atomic E-state index is -3.70. The van der Waals surface area contributed by atoms with Crippen LogP contribution in [0.5, 0.6) is 0 Å². The molecule has 0 aliphatic heterocycles. The molecule has 0 N–H and O–H groups in total. The van der Waals surface area contributed by atoms with Gasteiger partial charge in [0.05, 0.1) is 9.23 Å². The average Bonchev–Trinajstić information content (AvgIpc) is 2.80. The zero-order valence-corrected chi connectivity index (χ0v) is 15.0. The predicted molar refractivity (Wildman–Crippen MR) is 86.7 cm³/mol. The van der Waals surface area contributed by atoms with Gasteiger partial charge < -0.3 is 0 Å². The van der Waals surface area contributed by atoms with E-state index >= 15 is 0 Å². The van der Waals surface area contributed by atoms with Gasteiger partial charge in [0.2, 0.25) is 10.0 Å². The maximum atomic E-state index is 13.1. The van der Waals surface area contributed by atoms with Crippen LogP contribution in [0.2, 0.25) is 4.34 Å². The highest BCUT2D eigenvalue weighted by Crippen LogP contribution is 2.29. The highest BCUT2D eigenvalue weighted by molar-refractivity contribution is 9.10. The summed E-state index contributed by atoms with van der Waals surface area (Å²) in [6, 6.07) is 7.07. The quantitative estimate of drug-likeness (QED) is 0.724. The Hall–Kier alpha value is -0.470. The van der Waals surface area contributed by atoms with Gasteiger partial charge in [-0.05, 0) is 46.3 Å². The summed E-state index contributed by atoms with van der Waals surface area (Å²) in [4.78, 5) is 0.900. The van der Waals surface area contributed by atoms with Crippen LogP contribution in [0.15, 0.2) is 39.7 Å². The van der Waals surface area contributed by atoms with Crippen molar-refractivity contribution < 1.29 is 12.8 Å². The Labute approximate surface area is 140 Å². The molecule has 0 saturated heterocycles. The molecule has 114 valence electrons. The highest BCUT2D eigenvalue weighted by Gasteiger charge is 2.26. The van der Waals surface area contributed by atoms with Crippen LogP contribution in [-0.4, -0.2) is 19.3 Å². The first-order chi connectivity index (χ1) is 9.84. The molecule has 1 aromatic heterocycles. The van der Waals surface area contributed by atoms with Crippen molar-refractivity contribution in [2.45, 2.75) is 18.4 Å². The Bertz CT molecular complexity index is 748. The maximum Gasteiger partial charge on any atom is 0.244 e. The topological polar surface area (TPSA) is 37.4 Å². The number of rotatable bonds is 5. The SMILES string of the molecule is CCN(Cc1ccc(Cl)s1)S(=O)(=O)c1ccc(F)cc1Br. The van der Waals surface area contributed by atoms with Crippen molar-refractivity contribution >= 4 is 48.9 Å². The van der Waals surface area contributed by atoms with E-state index in [-0.39, 0.29) is 15.9 Å². The molecule has 0 aliphatic carbocycles. The highest BCUT2D eigenvalue weighted by atomic mass is 79.9. The number of hydrogen-bond donors (Lipinski definition) is 0. The molecule has 0 aliphatic rings. The Balaban J connectivity index is 2.35. The smallest absolute Gasteiger partial charge is 0.207 e. The van der Waals surface area contributed by atoms with Crippen LogP contribution in [0, 0.1) is 5.82 Å². The van der Waals surface area contributed by atoms with E-state index in [2.05, 4.69) is 15.9 Å². The number of sulfonamides is 1. The number of hydrogen-bond acceptors (Lipinski definition) is 3. The van der Waals surface area contributed by atoms with E-state index in [1.807, 2.05) is 0 Å². The summed E-state index contributed by atoms with van der Waals surface area (Å²) in [7, 11) is -3.70. The van der Waals surface area contributed by atoms with Crippen molar-refractivity contribution in [3.63, 3.8) is 0 Å². The lowest BCUT2D eigenvalue weighted by Crippen LogP contribution is -2.30. The van der Waals surface area contributed by atoms with E-state index in [9.17, 15) is 12.8 Å². The summed E-state index contributed by atoms with van der Waals surface area (Å²) in [5.41, 5.74) is 0. The van der Waals surface area contributed by atoms with Crippen molar-refractivity contribution in [1.29, 1.82) is 0 Å². The van der Waals surface area contributed by atoms with Crippen molar-refractivity contribution in [2.24, 2.45) is 0 Å². The van der Waals surface area contributed by atoms with Crippen LogP contribution in [0.25, 0.3) is 0 Å². The van der Waals surface area contributed by atoms with Crippen LogP contribution >= 0.6 is 38.9 Å². The Morgan fingerprint density at radius 2 is 2.05 bits per heavy atom. The molecule has 1 heterocycles. The summed E-state index contributed by atoms with van der Waals surface area (Å²) in [6.07, 6.45) is 0. The first-order valence-electron chi connectivity index (χ1n) is 6.04. The molecule has 0 unspecified atom stereocenters. The molecule has 3 nitrogen and oxygen atoms in total.